The minimum Gasteiger partial charge on any atom is -0.365 e. The van der Waals surface area contributed by atoms with Gasteiger partial charge in [-0.3, -0.25) is 0 Å². The highest BCUT2D eigenvalue weighted by Crippen LogP contribution is 2.21. The summed E-state index contributed by atoms with van der Waals surface area (Å²) in [6.07, 6.45) is 2.83. The molecule has 90 valence electrons. The Hall–Kier alpha value is -1.09. The first-order valence-corrected chi connectivity index (χ1v) is 5.84. The largest absolute Gasteiger partial charge is 0.365 e. The zero-order valence-corrected chi connectivity index (χ0v) is 11.0. The van der Waals surface area contributed by atoms with Gasteiger partial charge in [0.15, 0.2) is 0 Å². The van der Waals surface area contributed by atoms with Crippen LogP contribution in [0.15, 0.2) is 12.3 Å². The SMILES string of the molecule is CC[C@H](N)c1cnc(NC(C)(C)C)cc1C. The molecule has 0 bridgehead atoms. The van der Waals surface area contributed by atoms with Crippen LogP contribution in [-0.4, -0.2) is 10.5 Å². The van der Waals surface area contributed by atoms with Gasteiger partial charge in [-0.1, -0.05) is 6.92 Å². The van der Waals surface area contributed by atoms with Crippen LogP contribution < -0.4 is 11.1 Å². The Balaban J connectivity index is 2.91. The van der Waals surface area contributed by atoms with E-state index in [4.69, 9.17) is 5.73 Å². The Bertz CT molecular complexity index is 353. The van der Waals surface area contributed by atoms with Crippen molar-refractivity contribution in [1.82, 2.24) is 4.98 Å². The molecule has 1 atom stereocenters. The molecule has 0 saturated carbocycles. The number of aromatic nitrogens is 1. The Kier molecular flexibility index (Phi) is 3.92. The normalized spacial score (nSPS) is 13.6. The lowest BCUT2D eigenvalue weighted by Crippen LogP contribution is -2.26. The quantitative estimate of drug-likeness (QED) is 0.825. The molecular weight excluding hydrogens is 198 g/mol. The van der Waals surface area contributed by atoms with Gasteiger partial charge in [-0.05, 0) is 51.3 Å². The highest BCUT2D eigenvalue weighted by Gasteiger charge is 2.12. The monoisotopic (exact) mass is 221 g/mol. The van der Waals surface area contributed by atoms with Gasteiger partial charge in [-0.25, -0.2) is 4.98 Å². The molecule has 16 heavy (non-hydrogen) atoms. The van der Waals surface area contributed by atoms with E-state index >= 15 is 0 Å². The number of rotatable bonds is 3. The molecule has 0 aliphatic carbocycles. The fraction of sp³-hybridized carbons (Fsp3) is 0.615. The minimum atomic E-state index is 0.0355. The lowest BCUT2D eigenvalue weighted by Gasteiger charge is -2.22. The van der Waals surface area contributed by atoms with E-state index in [2.05, 4.69) is 51.0 Å². The third-order valence-electron chi connectivity index (χ3n) is 2.49. The average molecular weight is 221 g/mol. The molecule has 1 aromatic heterocycles. The van der Waals surface area contributed by atoms with Crippen LogP contribution in [0.4, 0.5) is 5.82 Å². The molecular formula is C13H23N3. The number of aryl methyl sites for hydroxylation is 1. The maximum Gasteiger partial charge on any atom is 0.126 e. The summed E-state index contributed by atoms with van der Waals surface area (Å²) in [5.41, 5.74) is 8.39. The lowest BCUT2D eigenvalue weighted by atomic mass is 10.0. The fourth-order valence-electron chi connectivity index (χ4n) is 1.63. The molecule has 0 aliphatic heterocycles. The third-order valence-corrected chi connectivity index (χ3v) is 2.49. The van der Waals surface area contributed by atoms with Crippen LogP contribution in [0.3, 0.4) is 0 Å². The van der Waals surface area contributed by atoms with Crippen molar-refractivity contribution in [2.24, 2.45) is 5.73 Å². The van der Waals surface area contributed by atoms with E-state index in [1.54, 1.807) is 0 Å². The van der Waals surface area contributed by atoms with Crippen molar-refractivity contribution in [3.63, 3.8) is 0 Å². The second kappa shape index (κ2) is 4.83. The van der Waals surface area contributed by atoms with Gasteiger partial charge in [0.2, 0.25) is 0 Å². The molecule has 1 aromatic rings. The number of nitrogens with one attached hydrogen (secondary N) is 1. The Morgan fingerprint density at radius 1 is 1.44 bits per heavy atom. The summed E-state index contributed by atoms with van der Waals surface area (Å²) >= 11 is 0. The predicted octanol–water partition coefficient (Wildman–Crippen LogP) is 3.01. The first-order valence-electron chi connectivity index (χ1n) is 5.84. The molecule has 0 saturated heterocycles. The van der Waals surface area contributed by atoms with Crippen molar-refractivity contribution in [1.29, 1.82) is 0 Å². The summed E-state index contributed by atoms with van der Waals surface area (Å²) in [7, 11) is 0. The first kappa shape index (κ1) is 13.0. The summed E-state index contributed by atoms with van der Waals surface area (Å²) in [6.45, 7) is 10.5. The van der Waals surface area contributed by atoms with Crippen molar-refractivity contribution in [2.75, 3.05) is 5.32 Å². The standard InChI is InChI=1S/C13H23N3/c1-6-11(14)10-8-15-12(7-9(10)2)16-13(3,4)5/h7-8,11H,6,14H2,1-5H3,(H,15,16)/t11-/m0/s1. The van der Waals surface area contributed by atoms with E-state index in [0.717, 1.165) is 17.8 Å². The van der Waals surface area contributed by atoms with Crippen molar-refractivity contribution < 1.29 is 0 Å². The van der Waals surface area contributed by atoms with Crippen LogP contribution in [0.5, 0.6) is 0 Å². The fourth-order valence-corrected chi connectivity index (χ4v) is 1.63. The van der Waals surface area contributed by atoms with Crippen LogP contribution >= 0.6 is 0 Å². The molecule has 0 aliphatic rings. The summed E-state index contributed by atoms with van der Waals surface area (Å²) in [6, 6.07) is 2.16. The van der Waals surface area contributed by atoms with Gasteiger partial charge in [0.1, 0.15) is 5.82 Å². The van der Waals surface area contributed by atoms with E-state index in [0.29, 0.717) is 0 Å². The maximum atomic E-state index is 6.01. The Labute approximate surface area is 98.5 Å². The first-order chi connectivity index (χ1) is 7.33. The van der Waals surface area contributed by atoms with Crippen molar-refractivity contribution in [3.05, 3.63) is 23.4 Å². The molecule has 0 spiro atoms. The second-order valence-electron chi connectivity index (χ2n) is 5.32. The molecule has 0 radical (unpaired) electrons. The van der Waals surface area contributed by atoms with E-state index < -0.39 is 0 Å². The molecule has 3 nitrogen and oxygen atoms in total. The van der Waals surface area contributed by atoms with Crippen LogP contribution in [0, 0.1) is 6.92 Å². The van der Waals surface area contributed by atoms with Gasteiger partial charge >= 0.3 is 0 Å². The van der Waals surface area contributed by atoms with E-state index in [9.17, 15) is 0 Å². The highest BCUT2D eigenvalue weighted by atomic mass is 15.0. The Morgan fingerprint density at radius 3 is 2.50 bits per heavy atom. The maximum absolute atomic E-state index is 6.01. The summed E-state index contributed by atoms with van der Waals surface area (Å²) in [5, 5.41) is 3.35. The van der Waals surface area contributed by atoms with E-state index in [-0.39, 0.29) is 11.6 Å². The molecule has 0 fully saturated rings. The van der Waals surface area contributed by atoms with E-state index in [1.807, 2.05) is 6.20 Å². The highest BCUT2D eigenvalue weighted by molar-refractivity contribution is 5.43. The lowest BCUT2D eigenvalue weighted by molar-refractivity contribution is 0.629. The van der Waals surface area contributed by atoms with Gasteiger partial charge in [0.05, 0.1) is 0 Å². The predicted molar refractivity (Wildman–Crippen MR) is 69.6 cm³/mol. The number of nitrogens with two attached hydrogens (primary N) is 1. The van der Waals surface area contributed by atoms with Crippen LogP contribution in [0.2, 0.25) is 0 Å². The van der Waals surface area contributed by atoms with Gasteiger partial charge < -0.3 is 11.1 Å². The van der Waals surface area contributed by atoms with Gasteiger partial charge in [-0.2, -0.15) is 0 Å². The zero-order valence-electron chi connectivity index (χ0n) is 11.0. The topological polar surface area (TPSA) is 50.9 Å². The van der Waals surface area contributed by atoms with Gasteiger partial charge in [-0.15, -0.1) is 0 Å². The van der Waals surface area contributed by atoms with Gasteiger partial charge in [0, 0.05) is 17.8 Å². The van der Waals surface area contributed by atoms with Crippen LogP contribution in [0.1, 0.15) is 51.3 Å². The van der Waals surface area contributed by atoms with Gasteiger partial charge in [0.25, 0.3) is 0 Å². The van der Waals surface area contributed by atoms with E-state index in [1.165, 1.54) is 5.56 Å². The molecule has 0 unspecified atom stereocenters. The van der Waals surface area contributed by atoms with Crippen LogP contribution in [0.25, 0.3) is 0 Å². The minimum absolute atomic E-state index is 0.0355. The number of nitrogens with zero attached hydrogens (tertiary/aromatic N) is 1. The number of hydrogen-bond donors (Lipinski definition) is 2. The summed E-state index contributed by atoms with van der Waals surface area (Å²) in [5.74, 6) is 0.914. The molecule has 0 amide bonds. The molecule has 1 heterocycles. The van der Waals surface area contributed by atoms with Crippen molar-refractivity contribution in [3.8, 4) is 0 Å². The number of pyridine rings is 1. The summed E-state index contributed by atoms with van der Waals surface area (Å²) in [4.78, 5) is 4.40. The molecule has 3 heteroatoms. The smallest absolute Gasteiger partial charge is 0.126 e. The molecule has 1 rings (SSSR count). The Morgan fingerprint density at radius 2 is 2.06 bits per heavy atom. The average Bonchev–Trinajstić information content (AvgIpc) is 2.14. The summed E-state index contributed by atoms with van der Waals surface area (Å²) < 4.78 is 0. The zero-order chi connectivity index (χ0) is 12.3. The number of anilines is 1. The van der Waals surface area contributed by atoms with Crippen molar-refractivity contribution in [2.45, 2.75) is 52.6 Å². The van der Waals surface area contributed by atoms with Crippen molar-refractivity contribution >= 4 is 5.82 Å². The second-order valence-corrected chi connectivity index (χ2v) is 5.32. The third kappa shape index (κ3) is 3.49. The molecule has 0 aromatic carbocycles. The molecule has 3 N–H and O–H groups in total. The van der Waals surface area contributed by atoms with Crippen LogP contribution in [-0.2, 0) is 0 Å². The number of hydrogen-bond acceptors (Lipinski definition) is 3.